The number of rotatable bonds is 7. The highest BCUT2D eigenvalue weighted by molar-refractivity contribution is 5.94. The molecule has 0 aliphatic carbocycles. The molecule has 0 saturated carbocycles. The summed E-state index contributed by atoms with van der Waals surface area (Å²) in [6.07, 6.45) is 1.47. The Morgan fingerprint density at radius 1 is 0.892 bits per heavy atom. The quantitative estimate of drug-likeness (QED) is 0.394. The van der Waals surface area contributed by atoms with E-state index in [0.29, 0.717) is 24.5 Å². The molecule has 37 heavy (non-hydrogen) atoms. The number of para-hydroxylation sites is 1. The van der Waals surface area contributed by atoms with Crippen LogP contribution in [0.1, 0.15) is 23.2 Å². The minimum absolute atomic E-state index is 0.0183. The predicted octanol–water partition coefficient (Wildman–Crippen LogP) is 4.51. The number of hydrogen-bond donors (Lipinski definition) is 2. The number of amides is 2. The number of anilines is 1. The Kier molecular flexibility index (Phi) is 7.37. The fourth-order valence-electron chi connectivity index (χ4n) is 4.48. The first-order valence-electron chi connectivity index (χ1n) is 12.3. The number of carbonyl (C=O) groups is 2. The van der Waals surface area contributed by atoms with E-state index in [1.807, 2.05) is 66.7 Å². The summed E-state index contributed by atoms with van der Waals surface area (Å²) >= 11 is 0. The number of piperidine rings is 1. The molecule has 1 aliphatic heterocycles. The van der Waals surface area contributed by atoms with E-state index in [1.165, 1.54) is 24.3 Å². The van der Waals surface area contributed by atoms with Gasteiger partial charge in [0.25, 0.3) is 5.91 Å². The lowest BCUT2D eigenvalue weighted by atomic mass is 10.0. The number of nitrogens with zero attached hydrogens (tertiary/aromatic N) is 3. The summed E-state index contributed by atoms with van der Waals surface area (Å²) in [7, 11) is 0. The largest absolute Gasteiger partial charge is 0.349 e. The first-order valence-corrected chi connectivity index (χ1v) is 12.3. The third kappa shape index (κ3) is 6.10. The van der Waals surface area contributed by atoms with Crippen LogP contribution in [0.3, 0.4) is 0 Å². The molecule has 5 rings (SSSR count). The summed E-state index contributed by atoms with van der Waals surface area (Å²) in [6.45, 7) is 1.63. The van der Waals surface area contributed by atoms with E-state index < -0.39 is 0 Å². The SMILES string of the molecule is O=C(CN1CCC(NC(=O)c2ccc(F)cc2)CC1)Nc1cc(-c2ccccc2)nn1-c1ccccc1. The third-order valence-electron chi connectivity index (χ3n) is 6.44. The second kappa shape index (κ2) is 11.2. The van der Waals surface area contributed by atoms with Crippen LogP contribution in [-0.2, 0) is 4.79 Å². The van der Waals surface area contributed by atoms with Gasteiger partial charge in [-0.1, -0.05) is 48.5 Å². The number of likely N-dealkylation sites (tertiary alicyclic amines) is 1. The average molecular weight is 498 g/mol. The maximum atomic E-state index is 13.1. The van der Waals surface area contributed by atoms with Gasteiger partial charge >= 0.3 is 0 Å². The molecule has 188 valence electrons. The number of aromatic nitrogens is 2. The zero-order valence-corrected chi connectivity index (χ0v) is 20.3. The molecule has 2 heterocycles. The lowest BCUT2D eigenvalue weighted by Gasteiger charge is -2.31. The Balaban J connectivity index is 1.19. The second-order valence-electron chi connectivity index (χ2n) is 9.11. The molecule has 0 unspecified atom stereocenters. The fraction of sp³-hybridized carbons (Fsp3) is 0.207. The smallest absolute Gasteiger partial charge is 0.251 e. The van der Waals surface area contributed by atoms with E-state index in [0.717, 1.165) is 29.8 Å². The zero-order chi connectivity index (χ0) is 25.6. The van der Waals surface area contributed by atoms with Gasteiger partial charge in [-0.05, 0) is 49.2 Å². The Morgan fingerprint density at radius 2 is 1.54 bits per heavy atom. The van der Waals surface area contributed by atoms with E-state index in [4.69, 9.17) is 5.10 Å². The number of halogens is 1. The molecule has 0 bridgehead atoms. The average Bonchev–Trinajstić information content (AvgIpc) is 3.34. The fourth-order valence-corrected chi connectivity index (χ4v) is 4.48. The highest BCUT2D eigenvalue weighted by Crippen LogP contribution is 2.25. The summed E-state index contributed by atoms with van der Waals surface area (Å²) in [5.74, 6) is -0.0900. The highest BCUT2D eigenvalue weighted by atomic mass is 19.1. The van der Waals surface area contributed by atoms with Gasteiger partial charge in [-0.15, -0.1) is 0 Å². The van der Waals surface area contributed by atoms with Crippen molar-refractivity contribution >= 4 is 17.6 Å². The molecule has 4 aromatic rings. The monoisotopic (exact) mass is 497 g/mol. The molecule has 1 aromatic heterocycles. The van der Waals surface area contributed by atoms with Crippen LogP contribution in [-0.4, -0.2) is 52.2 Å². The van der Waals surface area contributed by atoms with Gasteiger partial charge in [-0.25, -0.2) is 9.07 Å². The van der Waals surface area contributed by atoms with Gasteiger partial charge in [0, 0.05) is 36.3 Å². The summed E-state index contributed by atoms with van der Waals surface area (Å²) in [6, 6.07) is 27.0. The van der Waals surface area contributed by atoms with Crippen LogP contribution in [0.15, 0.2) is 91.0 Å². The Labute approximate surface area is 214 Å². The summed E-state index contributed by atoms with van der Waals surface area (Å²) in [5, 5.41) is 10.8. The normalized spacial score (nSPS) is 14.3. The molecule has 1 aliphatic rings. The van der Waals surface area contributed by atoms with E-state index >= 15 is 0 Å². The topological polar surface area (TPSA) is 79.3 Å². The lowest BCUT2D eigenvalue weighted by Crippen LogP contribution is -2.46. The molecule has 2 N–H and O–H groups in total. The van der Waals surface area contributed by atoms with Crippen LogP contribution in [0, 0.1) is 5.82 Å². The van der Waals surface area contributed by atoms with E-state index in [1.54, 1.807) is 4.68 Å². The van der Waals surface area contributed by atoms with Crippen molar-refractivity contribution in [3.63, 3.8) is 0 Å². The first-order chi connectivity index (χ1) is 18.0. The van der Waals surface area contributed by atoms with Crippen molar-refractivity contribution in [3.8, 4) is 16.9 Å². The van der Waals surface area contributed by atoms with E-state index in [9.17, 15) is 14.0 Å². The van der Waals surface area contributed by atoms with Gasteiger partial charge in [-0.2, -0.15) is 5.10 Å². The molecular weight excluding hydrogens is 469 g/mol. The van der Waals surface area contributed by atoms with Crippen LogP contribution in [0.25, 0.3) is 16.9 Å². The van der Waals surface area contributed by atoms with Crippen molar-refractivity contribution in [2.45, 2.75) is 18.9 Å². The van der Waals surface area contributed by atoms with Gasteiger partial charge in [0.15, 0.2) is 0 Å². The lowest BCUT2D eigenvalue weighted by molar-refractivity contribution is -0.117. The number of hydrogen-bond acceptors (Lipinski definition) is 4. The van der Waals surface area contributed by atoms with E-state index in [-0.39, 0.29) is 30.2 Å². The summed E-state index contributed by atoms with van der Waals surface area (Å²) < 4.78 is 14.9. The molecule has 0 radical (unpaired) electrons. The minimum Gasteiger partial charge on any atom is -0.349 e. The van der Waals surface area contributed by atoms with Gasteiger partial charge < -0.3 is 10.6 Å². The third-order valence-corrected chi connectivity index (χ3v) is 6.44. The van der Waals surface area contributed by atoms with Crippen LogP contribution < -0.4 is 10.6 Å². The zero-order valence-electron chi connectivity index (χ0n) is 20.3. The van der Waals surface area contributed by atoms with Crippen LogP contribution in [0.2, 0.25) is 0 Å². The second-order valence-corrected chi connectivity index (χ2v) is 9.11. The Bertz CT molecular complexity index is 1350. The molecule has 1 fully saturated rings. The van der Waals surface area contributed by atoms with E-state index in [2.05, 4.69) is 15.5 Å². The van der Waals surface area contributed by atoms with Crippen molar-refractivity contribution in [3.05, 3.63) is 102 Å². The maximum Gasteiger partial charge on any atom is 0.251 e. The molecule has 2 amide bonds. The Hall–Kier alpha value is -4.30. The summed E-state index contributed by atoms with van der Waals surface area (Å²) in [5.41, 5.74) is 3.04. The van der Waals surface area contributed by atoms with Gasteiger partial charge in [0.1, 0.15) is 11.6 Å². The molecule has 1 saturated heterocycles. The predicted molar refractivity (Wildman–Crippen MR) is 141 cm³/mol. The molecule has 3 aromatic carbocycles. The molecular formula is C29H28FN5O2. The highest BCUT2D eigenvalue weighted by Gasteiger charge is 2.23. The van der Waals surface area contributed by atoms with Crippen molar-refractivity contribution < 1.29 is 14.0 Å². The van der Waals surface area contributed by atoms with Crippen molar-refractivity contribution in [1.29, 1.82) is 0 Å². The number of nitrogens with one attached hydrogen (secondary N) is 2. The van der Waals surface area contributed by atoms with Gasteiger partial charge in [-0.3, -0.25) is 14.5 Å². The number of benzene rings is 3. The Morgan fingerprint density at radius 3 is 2.22 bits per heavy atom. The molecule has 7 nitrogen and oxygen atoms in total. The number of carbonyl (C=O) groups excluding carboxylic acids is 2. The van der Waals surface area contributed by atoms with Crippen molar-refractivity contribution in [2.75, 3.05) is 25.0 Å². The molecule has 0 spiro atoms. The standard InChI is InChI=1S/C29H28FN5O2/c30-23-13-11-22(12-14-23)29(37)31-24-15-17-34(18-16-24)20-28(36)32-27-19-26(21-7-3-1-4-8-21)33-35(27)25-9-5-2-6-10-25/h1-14,19,24H,15-18,20H2,(H,31,37)(H,32,36). The first kappa shape index (κ1) is 24.4. The van der Waals surface area contributed by atoms with Crippen LogP contribution in [0.4, 0.5) is 10.2 Å². The van der Waals surface area contributed by atoms with Gasteiger partial charge in [0.05, 0.1) is 17.9 Å². The minimum atomic E-state index is -0.369. The van der Waals surface area contributed by atoms with Crippen LogP contribution in [0.5, 0.6) is 0 Å². The molecule has 0 atom stereocenters. The van der Waals surface area contributed by atoms with Crippen molar-refractivity contribution in [1.82, 2.24) is 20.0 Å². The molecule has 8 heteroatoms. The van der Waals surface area contributed by atoms with Crippen molar-refractivity contribution in [2.24, 2.45) is 0 Å². The maximum absolute atomic E-state index is 13.1. The van der Waals surface area contributed by atoms with Crippen LogP contribution >= 0.6 is 0 Å². The van der Waals surface area contributed by atoms with Gasteiger partial charge in [0.2, 0.25) is 5.91 Å². The summed E-state index contributed by atoms with van der Waals surface area (Å²) in [4.78, 5) is 27.5.